The van der Waals surface area contributed by atoms with Gasteiger partial charge in [-0.1, -0.05) is 0 Å². The minimum atomic E-state index is -4.67. The Morgan fingerprint density at radius 1 is 1.14 bits per heavy atom. The van der Waals surface area contributed by atoms with Crippen LogP contribution in [0.5, 0.6) is 0 Å². The van der Waals surface area contributed by atoms with Crippen molar-refractivity contribution in [2.45, 2.75) is 0 Å². The molecule has 7 heavy (non-hydrogen) atoms. The van der Waals surface area contributed by atoms with Crippen molar-refractivity contribution < 1.29 is 17.5 Å². The SMILES string of the molecule is O=S(=O)(O)O.S.[SrH2]. The standard InChI is InChI=1S/H2O4S.H2S.Sr.2H/c1-5(2,3)4;;;;/h(H2,1,2,3,4);1H2;;;. The summed E-state index contributed by atoms with van der Waals surface area (Å²) in [7, 11) is -4.67. The summed E-state index contributed by atoms with van der Waals surface area (Å²) in [5, 5.41) is 0. The Hall–Kier alpha value is 1.70. The Bertz CT molecular complexity index is 92.9. The van der Waals surface area contributed by atoms with E-state index in [4.69, 9.17) is 17.5 Å². The van der Waals surface area contributed by atoms with Crippen molar-refractivity contribution in [3.8, 4) is 0 Å². The molecule has 0 aliphatic rings. The second-order valence-corrected chi connectivity index (χ2v) is 1.34. The fourth-order valence-corrected chi connectivity index (χ4v) is 0. The van der Waals surface area contributed by atoms with Gasteiger partial charge in [0.05, 0.1) is 0 Å². The van der Waals surface area contributed by atoms with Crippen LogP contribution in [0.25, 0.3) is 0 Å². The van der Waals surface area contributed by atoms with Crippen molar-refractivity contribution >= 4 is 69.4 Å². The molecule has 0 fully saturated rings. The van der Waals surface area contributed by atoms with Gasteiger partial charge in [0.2, 0.25) is 0 Å². The summed E-state index contributed by atoms with van der Waals surface area (Å²) in [6.07, 6.45) is 0. The summed E-state index contributed by atoms with van der Waals surface area (Å²) in [4.78, 5) is 0. The number of hydrogen-bond acceptors (Lipinski definition) is 2. The minimum absolute atomic E-state index is 0. The Balaban J connectivity index is -0.0000000800. The first-order chi connectivity index (χ1) is 2.00. The summed E-state index contributed by atoms with van der Waals surface area (Å²) >= 11 is 0. The third kappa shape index (κ3) is 86.5. The zero-order chi connectivity index (χ0) is 4.50. The van der Waals surface area contributed by atoms with E-state index in [1.807, 2.05) is 0 Å². The van der Waals surface area contributed by atoms with E-state index in [-0.39, 0.29) is 59.0 Å². The van der Waals surface area contributed by atoms with Crippen LogP contribution < -0.4 is 0 Å². The van der Waals surface area contributed by atoms with E-state index in [2.05, 4.69) is 0 Å². The van der Waals surface area contributed by atoms with Crippen molar-refractivity contribution in [2.24, 2.45) is 0 Å². The number of rotatable bonds is 0. The average Bonchev–Trinajstić information content (AvgIpc) is 0.722. The van der Waals surface area contributed by atoms with Gasteiger partial charge in [0.1, 0.15) is 0 Å². The molecule has 0 heterocycles. The predicted octanol–water partition coefficient (Wildman–Crippen LogP) is -1.46. The Morgan fingerprint density at radius 3 is 1.14 bits per heavy atom. The summed E-state index contributed by atoms with van der Waals surface area (Å²) in [6.45, 7) is 0. The first-order valence-corrected chi connectivity index (χ1v) is 2.10. The molecule has 0 radical (unpaired) electrons. The quantitative estimate of drug-likeness (QED) is 0.388. The molecule has 0 saturated carbocycles. The van der Waals surface area contributed by atoms with Crippen LogP contribution in [0.4, 0.5) is 0 Å². The summed E-state index contributed by atoms with van der Waals surface area (Å²) in [6, 6.07) is 0. The molecule has 0 aromatic heterocycles. The van der Waals surface area contributed by atoms with Gasteiger partial charge in [-0.3, -0.25) is 9.11 Å². The normalized spacial score (nSPS) is 8.29. The molecule has 0 unspecified atom stereocenters. The Morgan fingerprint density at radius 2 is 1.14 bits per heavy atom. The van der Waals surface area contributed by atoms with Crippen molar-refractivity contribution in [2.75, 3.05) is 0 Å². The fraction of sp³-hybridized carbons (Fsp3) is 0. The van der Waals surface area contributed by atoms with Crippen LogP contribution in [0.15, 0.2) is 0 Å². The van der Waals surface area contributed by atoms with Crippen LogP contribution in [0, 0.1) is 0 Å². The predicted molar refractivity (Wildman–Crippen MR) is 33.1 cm³/mol. The maximum atomic E-state index is 8.74. The maximum absolute atomic E-state index is 8.74. The van der Waals surface area contributed by atoms with Gasteiger partial charge in [0.15, 0.2) is 0 Å². The van der Waals surface area contributed by atoms with Crippen LogP contribution >= 0.6 is 13.5 Å². The second kappa shape index (κ2) is 5.83. The van der Waals surface area contributed by atoms with Crippen LogP contribution in [-0.2, 0) is 10.4 Å². The Kier molecular flexibility index (Phi) is 13.2. The van der Waals surface area contributed by atoms with E-state index in [9.17, 15) is 0 Å². The molecule has 0 atom stereocenters. The van der Waals surface area contributed by atoms with Crippen molar-refractivity contribution in [1.82, 2.24) is 0 Å². The van der Waals surface area contributed by atoms with Gasteiger partial charge in [-0.15, -0.1) is 0 Å². The topological polar surface area (TPSA) is 74.6 Å². The monoisotopic (exact) mass is 222 g/mol. The molecule has 4 nitrogen and oxygen atoms in total. The first-order valence-electron chi connectivity index (χ1n) is 0.698. The van der Waals surface area contributed by atoms with Crippen molar-refractivity contribution in [3.05, 3.63) is 0 Å². The molecule has 0 aliphatic carbocycles. The summed E-state index contributed by atoms with van der Waals surface area (Å²) in [5.41, 5.74) is 0. The molecular formula is H6O4S2Sr. The van der Waals surface area contributed by atoms with Crippen molar-refractivity contribution in [3.63, 3.8) is 0 Å². The van der Waals surface area contributed by atoms with Crippen LogP contribution in [0.3, 0.4) is 0 Å². The van der Waals surface area contributed by atoms with E-state index in [0.717, 1.165) is 0 Å². The third-order valence-corrected chi connectivity index (χ3v) is 0. The van der Waals surface area contributed by atoms with Gasteiger partial charge < -0.3 is 0 Å². The van der Waals surface area contributed by atoms with Gasteiger partial charge in [-0.25, -0.2) is 0 Å². The van der Waals surface area contributed by atoms with E-state index >= 15 is 0 Å². The zero-order valence-electron chi connectivity index (χ0n) is 2.62. The summed E-state index contributed by atoms with van der Waals surface area (Å²) in [5.74, 6) is 0. The van der Waals surface area contributed by atoms with E-state index in [1.165, 1.54) is 0 Å². The van der Waals surface area contributed by atoms with Gasteiger partial charge >= 0.3 is 55.9 Å². The molecule has 2 N–H and O–H groups in total. The van der Waals surface area contributed by atoms with Gasteiger partial charge in [0, 0.05) is 0 Å². The Labute approximate surface area is 85.6 Å². The summed E-state index contributed by atoms with van der Waals surface area (Å²) < 4.78 is 31.6. The third-order valence-electron chi connectivity index (χ3n) is 0. The molecule has 0 bridgehead atoms. The molecule has 0 spiro atoms. The van der Waals surface area contributed by atoms with Crippen LogP contribution in [0.2, 0.25) is 0 Å². The van der Waals surface area contributed by atoms with E-state index in [1.54, 1.807) is 0 Å². The zero-order valence-corrected chi connectivity index (χ0v) is 4.44. The molecule has 0 aliphatic heterocycles. The van der Waals surface area contributed by atoms with Crippen molar-refractivity contribution in [1.29, 1.82) is 0 Å². The van der Waals surface area contributed by atoms with E-state index < -0.39 is 10.4 Å². The van der Waals surface area contributed by atoms with Crippen LogP contribution in [0.1, 0.15) is 0 Å². The number of hydrogen-bond donors (Lipinski definition) is 2. The molecule has 0 aromatic carbocycles. The fourth-order valence-electron chi connectivity index (χ4n) is 0. The molecular weight excluding hydrogens is 216 g/mol. The second-order valence-electron chi connectivity index (χ2n) is 0.448. The molecule has 0 aromatic rings. The van der Waals surface area contributed by atoms with E-state index in [0.29, 0.717) is 0 Å². The molecule has 0 amide bonds. The van der Waals surface area contributed by atoms with Gasteiger partial charge in [-0.05, 0) is 0 Å². The van der Waals surface area contributed by atoms with Gasteiger partial charge in [0.25, 0.3) is 0 Å². The molecule has 0 rings (SSSR count). The molecule has 7 heteroatoms. The molecule has 44 valence electrons. The molecule has 0 saturated heterocycles. The average molecular weight is 222 g/mol. The van der Waals surface area contributed by atoms with Gasteiger partial charge in [-0.2, -0.15) is 21.9 Å². The van der Waals surface area contributed by atoms with Crippen LogP contribution in [-0.4, -0.2) is 63.0 Å². The first kappa shape index (κ1) is 15.9.